The lowest BCUT2D eigenvalue weighted by Gasteiger charge is -2.32. The second-order valence-corrected chi connectivity index (χ2v) is 7.18. The molecule has 0 N–H and O–H groups in total. The fraction of sp³-hybridized carbons (Fsp3) is 0.400. The lowest BCUT2D eigenvalue weighted by Crippen LogP contribution is -2.45. The molecule has 1 rings (SSSR count). The number of carbonyl (C=O) groups is 1. The Morgan fingerprint density at radius 2 is 1.70 bits per heavy atom. The Bertz CT molecular complexity index is 511. The zero-order valence-electron chi connectivity index (χ0n) is 12.0. The number of hydrogen-bond donors (Lipinski definition) is 0. The predicted molar refractivity (Wildman–Crippen MR) is 88.1 cm³/mol. The van der Waals surface area contributed by atoms with Crippen molar-refractivity contribution < 1.29 is 4.79 Å². The number of aryl methyl sites for hydroxylation is 3. The second-order valence-electron chi connectivity index (χ2n) is 4.90. The van der Waals surface area contributed by atoms with Crippen LogP contribution in [0.3, 0.4) is 0 Å². The third-order valence-corrected chi connectivity index (χ3v) is 3.57. The lowest BCUT2D eigenvalue weighted by molar-refractivity contribution is -0.118. The van der Waals surface area contributed by atoms with E-state index in [1.165, 1.54) is 4.90 Å². The monoisotopic (exact) mass is 333 g/mol. The first-order chi connectivity index (χ1) is 9.09. The normalized spacial score (nSPS) is 12.9. The van der Waals surface area contributed by atoms with Crippen LogP contribution in [0.5, 0.6) is 0 Å². The van der Waals surface area contributed by atoms with E-state index in [2.05, 4.69) is 6.58 Å². The van der Waals surface area contributed by atoms with Crippen LogP contribution in [0.1, 0.15) is 23.6 Å². The van der Waals surface area contributed by atoms with Crippen LogP contribution < -0.4 is 4.90 Å². The second kappa shape index (κ2) is 6.38. The summed E-state index contributed by atoms with van der Waals surface area (Å²) in [6.07, 6.45) is 1.65. The Kier molecular flexibility index (Phi) is 5.54. The highest BCUT2D eigenvalue weighted by atomic mass is 35.6. The molecule has 1 aromatic rings. The van der Waals surface area contributed by atoms with Gasteiger partial charge in [0.25, 0.3) is 9.70 Å². The van der Waals surface area contributed by atoms with Gasteiger partial charge in [0.15, 0.2) is 0 Å². The Balaban J connectivity index is 3.48. The third kappa shape index (κ3) is 3.69. The number of rotatable bonds is 3. The molecule has 1 unspecified atom stereocenters. The van der Waals surface area contributed by atoms with Crippen molar-refractivity contribution >= 4 is 46.4 Å². The molecule has 5 heteroatoms. The predicted octanol–water partition coefficient (Wildman–Crippen LogP) is 4.89. The minimum atomic E-state index is -2.00. The molecule has 110 valence electrons. The molecular formula is C15H18Cl3NO. The number of amides is 1. The maximum Gasteiger partial charge on any atom is 0.279 e. The summed E-state index contributed by atoms with van der Waals surface area (Å²) >= 11 is 17.3. The summed E-state index contributed by atoms with van der Waals surface area (Å²) in [6, 6.07) is 3.71. The van der Waals surface area contributed by atoms with Crippen LogP contribution in [0.2, 0.25) is 0 Å². The molecule has 1 amide bonds. The highest BCUT2D eigenvalue weighted by Crippen LogP contribution is 2.35. The maximum atomic E-state index is 12.4. The fourth-order valence-corrected chi connectivity index (χ4v) is 2.56. The topological polar surface area (TPSA) is 20.3 Å². The van der Waals surface area contributed by atoms with Gasteiger partial charge in [-0.15, -0.1) is 6.58 Å². The van der Waals surface area contributed by atoms with Crippen molar-refractivity contribution in [2.24, 2.45) is 0 Å². The van der Waals surface area contributed by atoms with E-state index >= 15 is 0 Å². The van der Waals surface area contributed by atoms with Crippen LogP contribution in [0.4, 0.5) is 5.69 Å². The van der Waals surface area contributed by atoms with E-state index in [1.807, 2.05) is 39.8 Å². The van der Waals surface area contributed by atoms with Gasteiger partial charge < -0.3 is 4.90 Å². The van der Waals surface area contributed by atoms with Gasteiger partial charge in [0.2, 0.25) is 0 Å². The number of benzene rings is 1. The van der Waals surface area contributed by atoms with Crippen LogP contribution in [0.15, 0.2) is 24.8 Å². The highest BCUT2D eigenvalue weighted by molar-refractivity contribution is 6.77. The molecule has 0 aromatic heterocycles. The third-order valence-electron chi connectivity index (χ3n) is 3.09. The SMILES string of the molecule is C=CC(C)N(C(=O)C(Cl)(Cl)Cl)c1c(C)cc(C)cc1C. The number of anilines is 1. The van der Waals surface area contributed by atoms with Crippen LogP contribution in [-0.2, 0) is 4.79 Å². The largest absolute Gasteiger partial charge is 0.302 e. The molecule has 0 spiro atoms. The van der Waals surface area contributed by atoms with E-state index in [9.17, 15) is 4.79 Å². The Labute approximate surface area is 135 Å². The van der Waals surface area contributed by atoms with Gasteiger partial charge in [0.05, 0.1) is 11.7 Å². The van der Waals surface area contributed by atoms with Crippen LogP contribution in [-0.4, -0.2) is 15.7 Å². The van der Waals surface area contributed by atoms with Crippen molar-refractivity contribution in [3.63, 3.8) is 0 Å². The summed E-state index contributed by atoms with van der Waals surface area (Å²) in [4.78, 5) is 13.9. The first kappa shape index (κ1) is 17.4. The maximum absolute atomic E-state index is 12.4. The Morgan fingerprint density at radius 3 is 2.05 bits per heavy atom. The van der Waals surface area contributed by atoms with E-state index in [1.54, 1.807) is 6.08 Å². The summed E-state index contributed by atoms with van der Waals surface area (Å²) in [6.45, 7) is 11.4. The minimum absolute atomic E-state index is 0.279. The molecule has 1 aromatic carbocycles. The molecule has 0 radical (unpaired) electrons. The summed E-state index contributed by atoms with van der Waals surface area (Å²) in [5, 5.41) is 0. The van der Waals surface area contributed by atoms with Crippen LogP contribution in [0, 0.1) is 20.8 Å². The van der Waals surface area contributed by atoms with Gasteiger partial charge in [-0.2, -0.15) is 0 Å². The average Bonchev–Trinajstić information content (AvgIpc) is 2.30. The van der Waals surface area contributed by atoms with Crippen LogP contribution in [0.25, 0.3) is 0 Å². The minimum Gasteiger partial charge on any atom is -0.302 e. The standard InChI is InChI=1S/C15H18Cl3NO/c1-6-12(5)19(14(20)15(16,17)18)13-10(3)7-9(2)8-11(13)4/h6-8,12H,1H2,2-5H3. The molecule has 20 heavy (non-hydrogen) atoms. The Morgan fingerprint density at radius 1 is 1.25 bits per heavy atom. The zero-order chi connectivity index (χ0) is 15.7. The van der Waals surface area contributed by atoms with Crippen molar-refractivity contribution in [2.45, 2.75) is 37.5 Å². The molecule has 0 aliphatic carbocycles. The van der Waals surface area contributed by atoms with Gasteiger partial charge in [0.1, 0.15) is 0 Å². The summed E-state index contributed by atoms with van der Waals surface area (Å²) in [7, 11) is 0. The molecule has 0 bridgehead atoms. The average molecular weight is 335 g/mol. The first-order valence-corrected chi connectivity index (χ1v) is 7.33. The van der Waals surface area contributed by atoms with E-state index in [-0.39, 0.29) is 6.04 Å². The van der Waals surface area contributed by atoms with Gasteiger partial charge in [-0.05, 0) is 38.8 Å². The van der Waals surface area contributed by atoms with Gasteiger partial charge in [-0.25, -0.2) is 0 Å². The number of carbonyl (C=O) groups excluding carboxylic acids is 1. The van der Waals surface area contributed by atoms with Crippen molar-refractivity contribution in [2.75, 3.05) is 4.90 Å². The molecule has 0 fully saturated rings. The van der Waals surface area contributed by atoms with Crippen LogP contribution >= 0.6 is 34.8 Å². The molecule has 1 atom stereocenters. The van der Waals surface area contributed by atoms with Gasteiger partial charge >= 0.3 is 0 Å². The number of hydrogen-bond acceptors (Lipinski definition) is 1. The van der Waals surface area contributed by atoms with Gasteiger partial charge in [-0.1, -0.05) is 58.6 Å². The summed E-state index contributed by atoms with van der Waals surface area (Å²) < 4.78 is -2.00. The smallest absolute Gasteiger partial charge is 0.279 e. The molecule has 0 aliphatic heterocycles. The van der Waals surface area contributed by atoms with Crippen molar-refractivity contribution in [1.82, 2.24) is 0 Å². The van der Waals surface area contributed by atoms with Gasteiger partial charge in [-0.3, -0.25) is 4.79 Å². The van der Waals surface area contributed by atoms with Crippen molar-refractivity contribution in [1.29, 1.82) is 0 Å². The first-order valence-electron chi connectivity index (χ1n) is 6.20. The fourth-order valence-electron chi connectivity index (χ4n) is 2.28. The Hall–Kier alpha value is -0.700. The van der Waals surface area contributed by atoms with E-state index in [0.29, 0.717) is 0 Å². The number of nitrogens with zero attached hydrogens (tertiary/aromatic N) is 1. The van der Waals surface area contributed by atoms with E-state index in [4.69, 9.17) is 34.8 Å². The number of halogens is 3. The molecule has 0 saturated heterocycles. The zero-order valence-corrected chi connectivity index (χ0v) is 14.3. The van der Waals surface area contributed by atoms with E-state index in [0.717, 1.165) is 22.4 Å². The summed E-state index contributed by atoms with van der Waals surface area (Å²) in [5.41, 5.74) is 3.80. The molecule has 0 aliphatic rings. The summed E-state index contributed by atoms with van der Waals surface area (Å²) in [5.74, 6) is -0.579. The molecule has 2 nitrogen and oxygen atoms in total. The molecule has 0 heterocycles. The quantitative estimate of drug-likeness (QED) is 0.569. The molecule has 0 saturated carbocycles. The molecular weight excluding hydrogens is 317 g/mol. The van der Waals surface area contributed by atoms with Crippen molar-refractivity contribution in [3.8, 4) is 0 Å². The highest BCUT2D eigenvalue weighted by Gasteiger charge is 2.38. The number of alkyl halides is 3. The van der Waals surface area contributed by atoms with Gasteiger partial charge in [0, 0.05) is 0 Å². The van der Waals surface area contributed by atoms with Crippen molar-refractivity contribution in [3.05, 3.63) is 41.5 Å². The van der Waals surface area contributed by atoms with E-state index < -0.39 is 9.70 Å². The lowest BCUT2D eigenvalue weighted by atomic mass is 10.0.